The van der Waals surface area contributed by atoms with E-state index >= 15 is 0 Å². The Hall–Kier alpha value is -2.97. The number of non-ortho nitro benzene ring substituents is 1. The van der Waals surface area contributed by atoms with Gasteiger partial charge in [0.2, 0.25) is 5.91 Å². The van der Waals surface area contributed by atoms with E-state index in [2.05, 4.69) is 5.32 Å². The Morgan fingerprint density at radius 3 is 2.58 bits per heavy atom. The maximum atomic E-state index is 12.2. The van der Waals surface area contributed by atoms with Crippen LogP contribution in [0.5, 0.6) is 0 Å². The van der Waals surface area contributed by atoms with E-state index in [1.807, 2.05) is 0 Å². The third-order valence-electron chi connectivity index (χ3n) is 3.25. The summed E-state index contributed by atoms with van der Waals surface area (Å²) in [7, 11) is 0. The molecule has 0 saturated carbocycles. The fourth-order valence-electron chi connectivity index (χ4n) is 1.98. The Morgan fingerprint density at radius 1 is 1.38 bits per heavy atom. The SMILES string of the molecule is CCOC(=O)[C@@H](C)C[C@H](NC(=O)c1cccc([N+](=O)[O-])c1)C(N)=O. The van der Waals surface area contributed by atoms with E-state index in [-0.39, 0.29) is 24.3 Å². The number of primary amides is 1. The number of nitrogens with one attached hydrogen (secondary N) is 1. The molecule has 130 valence electrons. The van der Waals surface area contributed by atoms with Crippen molar-refractivity contribution in [2.24, 2.45) is 11.7 Å². The van der Waals surface area contributed by atoms with E-state index in [0.29, 0.717) is 0 Å². The lowest BCUT2D eigenvalue weighted by Crippen LogP contribution is -2.46. The first-order valence-corrected chi connectivity index (χ1v) is 7.27. The second-order valence-electron chi connectivity index (χ2n) is 5.12. The minimum atomic E-state index is -1.10. The zero-order valence-electron chi connectivity index (χ0n) is 13.4. The summed E-state index contributed by atoms with van der Waals surface area (Å²) in [6.07, 6.45) is -0.0329. The lowest BCUT2D eigenvalue weighted by Gasteiger charge is -2.18. The van der Waals surface area contributed by atoms with Crippen LogP contribution in [-0.2, 0) is 14.3 Å². The van der Waals surface area contributed by atoms with Crippen LogP contribution in [0, 0.1) is 16.0 Å². The Balaban J connectivity index is 2.83. The molecule has 0 unspecified atom stereocenters. The second-order valence-corrected chi connectivity index (χ2v) is 5.12. The van der Waals surface area contributed by atoms with Gasteiger partial charge >= 0.3 is 5.97 Å². The van der Waals surface area contributed by atoms with E-state index < -0.39 is 34.7 Å². The highest BCUT2D eigenvalue weighted by Crippen LogP contribution is 2.14. The first kappa shape index (κ1) is 19.1. The van der Waals surface area contributed by atoms with Crippen molar-refractivity contribution in [3.8, 4) is 0 Å². The molecule has 1 rings (SSSR count). The number of nitrogens with two attached hydrogens (primary N) is 1. The monoisotopic (exact) mass is 337 g/mol. The van der Waals surface area contributed by atoms with Gasteiger partial charge in [0, 0.05) is 17.7 Å². The summed E-state index contributed by atoms with van der Waals surface area (Å²) in [4.78, 5) is 45.4. The maximum Gasteiger partial charge on any atom is 0.308 e. The molecule has 0 aliphatic rings. The molecule has 0 radical (unpaired) electrons. The van der Waals surface area contributed by atoms with Crippen LogP contribution in [0.3, 0.4) is 0 Å². The van der Waals surface area contributed by atoms with Gasteiger partial charge < -0.3 is 15.8 Å². The highest BCUT2D eigenvalue weighted by atomic mass is 16.6. The largest absolute Gasteiger partial charge is 0.466 e. The van der Waals surface area contributed by atoms with Gasteiger partial charge in [0.25, 0.3) is 11.6 Å². The number of nitrogens with zero attached hydrogens (tertiary/aromatic N) is 1. The van der Waals surface area contributed by atoms with Crippen LogP contribution in [0.4, 0.5) is 5.69 Å². The third-order valence-corrected chi connectivity index (χ3v) is 3.25. The number of nitro groups is 1. The molecule has 0 saturated heterocycles. The van der Waals surface area contributed by atoms with E-state index in [1.165, 1.54) is 18.2 Å². The molecule has 0 aromatic heterocycles. The Morgan fingerprint density at radius 2 is 2.04 bits per heavy atom. The Labute approximate surface area is 138 Å². The average Bonchev–Trinajstić information content (AvgIpc) is 2.54. The fraction of sp³-hybridized carbons (Fsp3) is 0.400. The van der Waals surface area contributed by atoms with Gasteiger partial charge in [-0.3, -0.25) is 24.5 Å². The van der Waals surface area contributed by atoms with Gasteiger partial charge in [0.05, 0.1) is 17.4 Å². The zero-order chi connectivity index (χ0) is 18.3. The van der Waals surface area contributed by atoms with Crippen molar-refractivity contribution in [3.63, 3.8) is 0 Å². The lowest BCUT2D eigenvalue weighted by molar-refractivity contribution is -0.384. The first-order chi connectivity index (χ1) is 11.3. The van der Waals surface area contributed by atoms with Gasteiger partial charge in [-0.25, -0.2) is 0 Å². The van der Waals surface area contributed by atoms with Crippen molar-refractivity contribution in [2.75, 3.05) is 6.61 Å². The fourth-order valence-corrected chi connectivity index (χ4v) is 1.98. The molecular formula is C15H19N3O6. The van der Waals surface area contributed by atoms with Crippen LogP contribution in [-0.4, -0.2) is 35.4 Å². The molecule has 0 aliphatic carbocycles. The Bertz CT molecular complexity index is 646. The van der Waals surface area contributed by atoms with Crippen LogP contribution in [0.2, 0.25) is 0 Å². The van der Waals surface area contributed by atoms with Crippen LogP contribution in [0.15, 0.2) is 24.3 Å². The Kier molecular flexibility index (Phi) is 6.84. The minimum Gasteiger partial charge on any atom is -0.466 e. The second kappa shape index (κ2) is 8.61. The highest BCUT2D eigenvalue weighted by Gasteiger charge is 2.26. The molecule has 1 aromatic carbocycles. The number of ether oxygens (including phenoxy) is 1. The van der Waals surface area contributed by atoms with Crippen LogP contribution in [0.25, 0.3) is 0 Å². The number of nitro benzene ring substituents is 1. The van der Waals surface area contributed by atoms with Crippen molar-refractivity contribution < 1.29 is 24.0 Å². The molecule has 0 spiro atoms. The number of esters is 1. The number of carbonyl (C=O) groups excluding carboxylic acids is 3. The number of hydrogen-bond acceptors (Lipinski definition) is 6. The molecule has 0 bridgehead atoms. The zero-order valence-corrected chi connectivity index (χ0v) is 13.4. The summed E-state index contributed by atoms with van der Waals surface area (Å²) >= 11 is 0. The van der Waals surface area contributed by atoms with Gasteiger partial charge in [0.15, 0.2) is 0 Å². The third kappa shape index (κ3) is 5.34. The number of carbonyl (C=O) groups is 3. The number of amides is 2. The molecule has 24 heavy (non-hydrogen) atoms. The number of hydrogen-bond donors (Lipinski definition) is 2. The summed E-state index contributed by atoms with van der Waals surface area (Å²) in [5.74, 6) is -2.66. The highest BCUT2D eigenvalue weighted by molar-refractivity contribution is 5.97. The van der Waals surface area contributed by atoms with E-state index in [4.69, 9.17) is 10.5 Å². The van der Waals surface area contributed by atoms with E-state index in [9.17, 15) is 24.5 Å². The summed E-state index contributed by atoms with van der Waals surface area (Å²) in [5, 5.41) is 13.1. The summed E-state index contributed by atoms with van der Waals surface area (Å²) in [5.41, 5.74) is 5.01. The molecule has 0 aliphatic heterocycles. The molecule has 3 N–H and O–H groups in total. The molecule has 2 amide bonds. The van der Waals surface area contributed by atoms with Crippen molar-refractivity contribution in [2.45, 2.75) is 26.3 Å². The van der Waals surface area contributed by atoms with Crippen molar-refractivity contribution in [1.82, 2.24) is 5.32 Å². The minimum absolute atomic E-state index is 0.0132. The van der Waals surface area contributed by atoms with E-state index in [0.717, 1.165) is 6.07 Å². The number of benzene rings is 1. The summed E-state index contributed by atoms with van der Waals surface area (Å²) < 4.78 is 4.84. The molecular weight excluding hydrogens is 318 g/mol. The first-order valence-electron chi connectivity index (χ1n) is 7.27. The smallest absolute Gasteiger partial charge is 0.308 e. The standard InChI is InChI=1S/C15H19N3O6/c1-3-24-15(21)9(2)7-12(13(16)19)17-14(20)10-5-4-6-11(8-10)18(22)23/h4-6,8-9,12H,3,7H2,1-2H3,(H2,16,19)(H,17,20)/t9-,12-/m0/s1. The molecule has 2 atom stereocenters. The normalized spacial score (nSPS) is 12.8. The van der Waals surface area contributed by atoms with Crippen LogP contribution >= 0.6 is 0 Å². The van der Waals surface area contributed by atoms with Gasteiger partial charge in [-0.2, -0.15) is 0 Å². The van der Waals surface area contributed by atoms with Crippen molar-refractivity contribution in [3.05, 3.63) is 39.9 Å². The molecule has 9 heteroatoms. The van der Waals surface area contributed by atoms with Crippen molar-refractivity contribution >= 4 is 23.5 Å². The predicted molar refractivity (Wildman–Crippen MR) is 84.0 cm³/mol. The quantitative estimate of drug-likeness (QED) is 0.407. The average molecular weight is 337 g/mol. The van der Waals surface area contributed by atoms with E-state index in [1.54, 1.807) is 13.8 Å². The van der Waals surface area contributed by atoms with Crippen LogP contribution in [0.1, 0.15) is 30.6 Å². The van der Waals surface area contributed by atoms with Gasteiger partial charge in [-0.1, -0.05) is 13.0 Å². The molecule has 9 nitrogen and oxygen atoms in total. The van der Waals surface area contributed by atoms with Gasteiger partial charge in [-0.05, 0) is 19.4 Å². The van der Waals surface area contributed by atoms with Crippen LogP contribution < -0.4 is 11.1 Å². The molecule has 0 heterocycles. The maximum absolute atomic E-state index is 12.2. The predicted octanol–water partition coefficient (Wildman–Crippen LogP) is 0.768. The summed E-state index contributed by atoms with van der Waals surface area (Å²) in [6.45, 7) is 3.40. The topological polar surface area (TPSA) is 142 Å². The van der Waals surface area contributed by atoms with Gasteiger partial charge in [0.1, 0.15) is 6.04 Å². The molecule has 1 aromatic rings. The lowest BCUT2D eigenvalue weighted by atomic mass is 10.0. The van der Waals surface area contributed by atoms with Crippen molar-refractivity contribution in [1.29, 1.82) is 0 Å². The van der Waals surface area contributed by atoms with Gasteiger partial charge in [-0.15, -0.1) is 0 Å². The molecule has 0 fully saturated rings. The summed E-state index contributed by atoms with van der Waals surface area (Å²) in [6, 6.07) is 3.95. The number of rotatable bonds is 8.